The topological polar surface area (TPSA) is 59.4 Å². The molecule has 1 aromatic rings. The summed E-state index contributed by atoms with van der Waals surface area (Å²) in [5, 5.41) is 8.74. The summed E-state index contributed by atoms with van der Waals surface area (Å²) in [5.74, 6) is -1.31. The maximum atomic E-state index is 12.4. The highest BCUT2D eigenvalue weighted by molar-refractivity contribution is 7.06. The van der Waals surface area contributed by atoms with Gasteiger partial charge in [0.2, 0.25) is 0 Å². The zero-order valence-corrected chi connectivity index (χ0v) is 8.56. The van der Waals surface area contributed by atoms with E-state index in [-0.39, 0.29) is 17.9 Å². The average Bonchev–Trinajstić information content (AvgIpc) is 2.58. The molecule has 4 nitrogen and oxygen atoms in total. The van der Waals surface area contributed by atoms with Gasteiger partial charge in [0.25, 0.3) is 0 Å². The number of halogens is 3. The molecule has 0 saturated carbocycles. The SMILES string of the molecule is O=C(O)c1nsc2c1CC(C(F)(F)F)OC2. The van der Waals surface area contributed by atoms with Crippen LogP contribution in [-0.4, -0.2) is 27.7 Å². The fraction of sp³-hybridized carbons (Fsp3) is 0.500. The molecule has 1 aromatic heterocycles. The van der Waals surface area contributed by atoms with Gasteiger partial charge in [-0.25, -0.2) is 4.79 Å². The standard InChI is InChI=1S/C8H6F3NO3S/c9-8(10,11)5-1-3-4(2-15-5)16-12-6(3)7(13)14/h5H,1-2H2,(H,13,14). The Morgan fingerprint density at radius 3 is 2.81 bits per heavy atom. The first-order chi connectivity index (χ1) is 7.39. The summed E-state index contributed by atoms with van der Waals surface area (Å²) in [6.45, 7) is -0.232. The highest BCUT2D eigenvalue weighted by Gasteiger charge is 2.44. The Labute approximate surface area is 91.8 Å². The van der Waals surface area contributed by atoms with Crippen LogP contribution in [-0.2, 0) is 17.8 Å². The second-order valence-corrected chi connectivity index (χ2v) is 4.14. The Morgan fingerprint density at radius 2 is 2.25 bits per heavy atom. The van der Waals surface area contributed by atoms with Crippen molar-refractivity contribution in [1.82, 2.24) is 4.37 Å². The fourth-order valence-electron chi connectivity index (χ4n) is 1.47. The molecule has 0 amide bonds. The first-order valence-corrected chi connectivity index (χ1v) is 5.06. The molecular formula is C8H6F3NO3S. The largest absolute Gasteiger partial charge is 0.476 e. The maximum Gasteiger partial charge on any atom is 0.414 e. The Bertz CT molecular complexity index is 429. The first-order valence-electron chi connectivity index (χ1n) is 4.28. The number of aromatic carboxylic acids is 1. The summed E-state index contributed by atoms with van der Waals surface area (Å²) in [5.41, 5.74) is -0.149. The summed E-state index contributed by atoms with van der Waals surface area (Å²) < 4.78 is 45.4. The number of alkyl halides is 3. The summed E-state index contributed by atoms with van der Waals surface area (Å²) >= 11 is 0.870. The van der Waals surface area contributed by atoms with Crippen LogP contribution in [0.3, 0.4) is 0 Å². The van der Waals surface area contributed by atoms with Crippen LogP contribution in [0.15, 0.2) is 0 Å². The van der Waals surface area contributed by atoms with Gasteiger partial charge in [0.1, 0.15) is 0 Å². The molecule has 0 spiro atoms. The van der Waals surface area contributed by atoms with Crippen LogP contribution >= 0.6 is 11.5 Å². The third-order valence-corrected chi connectivity index (χ3v) is 3.10. The molecule has 0 saturated heterocycles. The van der Waals surface area contributed by atoms with Crippen molar-refractivity contribution >= 4 is 17.5 Å². The number of hydrogen-bond acceptors (Lipinski definition) is 4. The highest BCUT2D eigenvalue weighted by atomic mass is 32.1. The van der Waals surface area contributed by atoms with E-state index in [4.69, 9.17) is 5.11 Å². The molecule has 1 aliphatic rings. The predicted octanol–water partition coefficient (Wildman–Crippen LogP) is 1.84. The van der Waals surface area contributed by atoms with E-state index in [1.807, 2.05) is 0 Å². The molecule has 1 aliphatic heterocycles. The number of carboxylic acids is 1. The van der Waals surface area contributed by atoms with E-state index in [1.54, 1.807) is 0 Å². The van der Waals surface area contributed by atoms with Crippen molar-refractivity contribution in [3.05, 3.63) is 16.1 Å². The van der Waals surface area contributed by atoms with E-state index >= 15 is 0 Å². The first kappa shape index (κ1) is 11.3. The minimum Gasteiger partial charge on any atom is -0.476 e. The molecule has 0 aliphatic carbocycles. The Kier molecular flexibility index (Phi) is 2.62. The second kappa shape index (κ2) is 3.70. The molecule has 88 valence electrons. The van der Waals surface area contributed by atoms with E-state index in [9.17, 15) is 18.0 Å². The van der Waals surface area contributed by atoms with Crippen molar-refractivity contribution in [2.75, 3.05) is 0 Å². The Hall–Kier alpha value is -1.15. The van der Waals surface area contributed by atoms with E-state index in [1.165, 1.54) is 0 Å². The predicted molar refractivity (Wildman–Crippen MR) is 47.4 cm³/mol. The molecule has 0 bridgehead atoms. The van der Waals surface area contributed by atoms with Crippen LogP contribution in [0.25, 0.3) is 0 Å². The molecule has 8 heteroatoms. The molecule has 0 aromatic carbocycles. The maximum absolute atomic E-state index is 12.4. The summed E-state index contributed by atoms with van der Waals surface area (Å²) in [6.07, 6.45) is -6.89. The van der Waals surface area contributed by atoms with Gasteiger partial charge in [0, 0.05) is 12.0 Å². The van der Waals surface area contributed by atoms with Crippen LogP contribution in [0.4, 0.5) is 13.2 Å². The number of fused-ring (bicyclic) bond motifs is 1. The lowest BCUT2D eigenvalue weighted by molar-refractivity contribution is -0.226. The van der Waals surface area contributed by atoms with Crippen molar-refractivity contribution < 1.29 is 27.8 Å². The third kappa shape index (κ3) is 1.90. The Morgan fingerprint density at radius 1 is 1.56 bits per heavy atom. The lowest BCUT2D eigenvalue weighted by Gasteiger charge is -2.24. The Balaban J connectivity index is 2.31. The van der Waals surface area contributed by atoms with E-state index in [2.05, 4.69) is 9.11 Å². The monoisotopic (exact) mass is 253 g/mol. The quantitative estimate of drug-likeness (QED) is 0.829. The molecular weight excluding hydrogens is 247 g/mol. The van der Waals surface area contributed by atoms with Gasteiger partial charge < -0.3 is 9.84 Å². The lowest BCUT2D eigenvalue weighted by atomic mass is 10.0. The van der Waals surface area contributed by atoms with Crippen molar-refractivity contribution in [3.8, 4) is 0 Å². The minimum atomic E-state index is -4.48. The number of carboxylic acid groups (broad SMARTS) is 1. The summed E-state index contributed by atoms with van der Waals surface area (Å²) in [7, 11) is 0. The smallest absolute Gasteiger partial charge is 0.414 e. The van der Waals surface area contributed by atoms with Gasteiger partial charge in [-0.2, -0.15) is 17.5 Å². The van der Waals surface area contributed by atoms with E-state index in [0.717, 1.165) is 11.5 Å². The van der Waals surface area contributed by atoms with Gasteiger partial charge in [0.15, 0.2) is 11.8 Å². The average molecular weight is 253 g/mol. The summed E-state index contributed by atoms with van der Waals surface area (Å²) in [6, 6.07) is 0. The van der Waals surface area contributed by atoms with Gasteiger partial charge in [-0.15, -0.1) is 0 Å². The van der Waals surface area contributed by atoms with Crippen LogP contribution < -0.4 is 0 Å². The number of hydrogen-bond donors (Lipinski definition) is 1. The number of aromatic nitrogens is 1. The molecule has 0 radical (unpaired) electrons. The van der Waals surface area contributed by atoms with E-state index < -0.39 is 24.7 Å². The normalized spacial score (nSPS) is 20.6. The molecule has 16 heavy (non-hydrogen) atoms. The van der Waals surface area contributed by atoms with Crippen LogP contribution in [0.2, 0.25) is 0 Å². The van der Waals surface area contributed by atoms with Crippen LogP contribution in [0.5, 0.6) is 0 Å². The fourth-order valence-corrected chi connectivity index (χ4v) is 2.27. The third-order valence-electron chi connectivity index (χ3n) is 2.24. The highest BCUT2D eigenvalue weighted by Crippen LogP contribution is 2.34. The molecule has 2 rings (SSSR count). The minimum absolute atomic E-state index is 0.145. The molecule has 1 N–H and O–H groups in total. The molecule has 0 fully saturated rings. The molecule has 2 heterocycles. The van der Waals surface area contributed by atoms with Gasteiger partial charge >= 0.3 is 12.1 Å². The summed E-state index contributed by atoms with van der Waals surface area (Å²) in [4.78, 5) is 11.2. The number of nitrogens with zero attached hydrogens (tertiary/aromatic N) is 1. The zero-order chi connectivity index (χ0) is 11.9. The van der Waals surface area contributed by atoms with Crippen molar-refractivity contribution in [3.63, 3.8) is 0 Å². The number of rotatable bonds is 1. The van der Waals surface area contributed by atoms with Crippen molar-refractivity contribution in [2.24, 2.45) is 0 Å². The van der Waals surface area contributed by atoms with Crippen molar-refractivity contribution in [1.29, 1.82) is 0 Å². The molecule has 1 unspecified atom stereocenters. The van der Waals surface area contributed by atoms with E-state index in [0.29, 0.717) is 4.88 Å². The second-order valence-electron chi connectivity index (χ2n) is 3.28. The molecule has 1 atom stereocenters. The van der Waals surface area contributed by atoms with Gasteiger partial charge in [-0.05, 0) is 11.5 Å². The van der Waals surface area contributed by atoms with Crippen molar-refractivity contribution in [2.45, 2.75) is 25.3 Å². The van der Waals surface area contributed by atoms with Gasteiger partial charge in [0.05, 0.1) is 11.5 Å². The number of carbonyl (C=O) groups is 1. The lowest BCUT2D eigenvalue weighted by Crippen LogP contribution is -2.36. The van der Waals surface area contributed by atoms with Gasteiger partial charge in [-0.1, -0.05) is 0 Å². The zero-order valence-electron chi connectivity index (χ0n) is 7.74. The van der Waals surface area contributed by atoms with Crippen LogP contribution in [0.1, 0.15) is 20.9 Å². The number of ether oxygens (including phenoxy) is 1. The van der Waals surface area contributed by atoms with Gasteiger partial charge in [-0.3, -0.25) is 0 Å². The van der Waals surface area contributed by atoms with Crippen LogP contribution in [0, 0.1) is 0 Å².